The maximum Gasteiger partial charge on any atom is 0.125 e. The number of nitrogens with one attached hydrogen (secondary N) is 1. The van der Waals surface area contributed by atoms with Crippen LogP contribution in [-0.2, 0) is 4.74 Å². The van der Waals surface area contributed by atoms with Crippen LogP contribution in [0.1, 0.15) is 18.1 Å². The van der Waals surface area contributed by atoms with Gasteiger partial charge in [-0.25, -0.2) is 4.39 Å². The van der Waals surface area contributed by atoms with Crippen molar-refractivity contribution in [3.63, 3.8) is 0 Å². The van der Waals surface area contributed by atoms with Gasteiger partial charge in [-0.2, -0.15) is 0 Å². The van der Waals surface area contributed by atoms with E-state index in [1.165, 1.54) is 12.1 Å². The highest BCUT2D eigenvalue weighted by molar-refractivity contribution is 6.30. The first-order chi connectivity index (χ1) is 7.70. The molecular weight excluding hydrogens is 229 g/mol. The van der Waals surface area contributed by atoms with Gasteiger partial charge < -0.3 is 10.1 Å². The first-order valence-corrected chi connectivity index (χ1v) is 5.80. The Morgan fingerprint density at radius 1 is 1.50 bits per heavy atom. The molecule has 2 unspecified atom stereocenters. The van der Waals surface area contributed by atoms with Gasteiger partial charge in [0.05, 0.1) is 6.10 Å². The molecule has 0 saturated carbocycles. The summed E-state index contributed by atoms with van der Waals surface area (Å²) >= 11 is 5.84. The van der Waals surface area contributed by atoms with Crippen LogP contribution in [0.5, 0.6) is 0 Å². The van der Waals surface area contributed by atoms with Crippen molar-refractivity contribution in [2.75, 3.05) is 20.2 Å². The summed E-state index contributed by atoms with van der Waals surface area (Å²) in [7, 11) is 1.91. The van der Waals surface area contributed by atoms with E-state index in [2.05, 4.69) is 5.32 Å². The van der Waals surface area contributed by atoms with E-state index in [4.69, 9.17) is 16.3 Å². The summed E-state index contributed by atoms with van der Waals surface area (Å²) < 4.78 is 18.9. The number of hydrogen-bond donors (Lipinski definition) is 1. The van der Waals surface area contributed by atoms with Gasteiger partial charge in [0.1, 0.15) is 5.82 Å². The third-order valence-electron chi connectivity index (χ3n) is 2.89. The van der Waals surface area contributed by atoms with Crippen LogP contribution in [0.25, 0.3) is 0 Å². The SMILES string of the molecule is CNCC1CCOC1c1cc(F)cc(Cl)c1. The predicted molar refractivity (Wildman–Crippen MR) is 62.1 cm³/mol. The van der Waals surface area contributed by atoms with E-state index in [0.717, 1.165) is 25.1 Å². The van der Waals surface area contributed by atoms with Crippen LogP contribution in [0.2, 0.25) is 5.02 Å². The lowest BCUT2D eigenvalue weighted by atomic mass is 9.95. The minimum absolute atomic E-state index is 0.0411. The van der Waals surface area contributed by atoms with Gasteiger partial charge in [0, 0.05) is 24.1 Å². The zero-order valence-electron chi connectivity index (χ0n) is 9.17. The summed E-state index contributed by atoms with van der Waals surface area (Å²) in [6.07, 6.45) is 0.959. The summed E-state index contributed by atoms with van der Waals surface area (Å²) in [4.78, 5) is 0. The van der Waals surface area contributed by atoms with Crippen molar-refractivity contribution in [1.29, 1.82) is 0 Å². The Balaban J connectivity index is 2.21. The van der Waals surface area contributed by atoms with E-state index in [-0.39, 0.29) is 11.9 Å². The van der Waals surface area contributed by atoms with Gasteiger partial charge in [0.2, 0.25) is 0 Å². The second-order valence-corrected chi connectivity index (χ2v) is 4.54. The summed E-state index contributed by atoms with van der Waals surface area (Å²) in [6.45, 7) is 1.60. The molecule has 1 aliphatic rings. The summed E-state index contributed by atoms with van der Waals surface area (Å²) in [6, 6.07) is 4.60. The molecule has 16 heavy (non-hydrogen) atoms. The molecule has 88 valence electrons. The maximum absolute atomic E-state index is 13.2. The van der Waals surface area contributed by atoms with Gasteiger partial charge in [-0.15, -0.1) is 0 Å². The van der Waals surface area contributed by atoms with Crippen molar-refractivity contribution in [2.45, 2.75) is 12.5 Å². The Morgan fingerprint density at radius 2 is 2.31 bits per heavy atom. The van der Waals surface area contributed by atoms with Crippen LogP contribution in [0, 0.1) is 11.7 Å². The van der Waals surface area contributed by atoms with Crippen molar-refractivity contribution in [1.82, 2.24) is 5.32 Å². The second-order valence-electron chi connectivity index (χ2n) is 4.10. The molecule has 1 heterocycles. The monoisotopic (exact) mass is 243 g/mol. The fourth-order valence-corrected chi connectivity index (χ4v) is 2.44. The minimum atomic E-state index is -0.304. The molecule has 0 radical (unpaired) electrons. The third-order valence-corrected chi connectivity index (χ3v) is 3.11. The van der Waals surface area contributed by atoms with Gasteiger partial charge in [0.15, 0.2) is 0 Å². The standard InChI is InChI=1S/C12H15ClFNO/c1-15-7-8-2-3-16-12(8)9-4-10(13)6-11(14)5-9/h4-6,8,12,15H,2-3,7H2,1H3. The van der Waals surface area contributed by atoms with Gasteiger partial charge in [-0.1, -0.05) is 11.6 Å². The number of hydrogen-bond acceptors (Lipinski definition) is 2. The first kappa shape index (κ1) is 11.8. The molecule has 2 nitrogen and oxygen atoms in total. The van der Waals surface area contributed by atoms with E-state index in [1.54, 1.807) is 6.07 Å². The normalized spacial score (nSPS) is 24.9. The van der Waals surface area contributed by atoms with E-state index in [0.29, 0.717) is 10.9 Å². The van der Waals surface area contributed by atoms with Crippen LogP contribution in [0.4, 0.5) is 4.39 Å². The van der Waals surface area contributed by atoms with Crippen molar-refractivity contribution in [2.24, 2.45) is 5.92 Å². The lowest BCUT2D eigenvalue weighted by Crippen LogP contribution is -2.21. The van der Waals surface area contributed by atoms with Crippen molar-refractivity contribution < 1.29 is 9.13 Å². The van der Waals surface area contributed by atoms with Gasteiger partial charge >= 0.3 is 0 Å². The number of rotatable bonds is 3. The highest BCUT2D eigenvalue weighted by Gasteiger charge is 2.29. The Labute approximate surface area is 99.7 Å². The van der Waals surface area contributed by atoms with Gasteiger partial charge in [-0.05, 0) is 37.2 Å². The smallest absolute Gasteiger partial charge is 0.125 e. The molecule has 0 aliphatic carbocycles. The summed E-state index contributed by atoms with van der Waals surface area (Å²) in [5, 5.41) is 3.56. The van der Waals surface area contributed by atoms with E-state index in [9.17, 15) is 4.39 Å². The molecule has 1 saturated heterocycles. The molecule has 1 aliphatic heterocycles. The average molecular weight is 244 g/mol. The first-order valence-electron chi connectivity index (χ1n) is 5.43. The van der Waals surface area contributed by atoms with Crippen LogP contribution in [0.3, 0.4) is 0 Å². The molecule has 0 bridgehead atoms. The fraction of sp³-hybridized carbons (Fsp3) is 0.500. The molecule has 2 rings (SSSR count). The molecule has 1 N–H and O–H groups in total. The topological polar surface area (TPSA) is 21.3 Å². The number of benzene rings is 1. The highest BCUT2D eigenvalue weighted by Crippen LogP contribution is 2.35. The zero-order chi connectivity index (χ0) is 11.5. The molecule has 1 fully saturated rings. The van der Waals surface area contributed by atoms with Crippen molar-refractivity contribution in [3.8, 4) is 0 Å². The molecule has 4 heteroatoms. The van der Waals surface area contributed by atoms with Crippen molar-refractivity contribution in [3.05, 3.63) is 34.6 Å². The lowest BCUT2D eigenvalue weighted by Gasteiger charge is -2.18. The van der Waals surface area contributed by atoms with E-state index >= 15 is 0 Å². The van der Waals surface area contributed by atoms with E-state index < -0.39 is 0 Å². The number of halogens is 2. The Hall–Kier alpha value is -0.640. The summed E-state index contributed by atoms with van der Waals surface area (Å²) in [5.74, 6) is 0.0871. The Morgan fingerprint density at radius 3 is 3.00 bits per heavy atom. The van der Waals surface area contributed by atoms with Crippen LogP contribution in [0.15, 0.2) is 18.2 Å². The summed E-state index contributed by atoms with van der Waals surface area (Å²) in [5.41, 5.74) is 0.836. The largest absolute Gasteiger partial charge is 0.373 e. The Kier molecular flexibility index (Phi) is 3.79. The van der Waals surface area contributed by atoms with Crippen LogP contribution >= 0.6 is 11.6 Å². The molecule has 2 atom stereocenters. The van der Waals surface area contributed by atoms with E-state index in [1.807, 2.05) is 7.05 Å². The molecule has 0 amide bonds. The predicted octanol–water partition coefficient (Wildman–Crippen LogP) is 2.78. The second kappa shape index (κ2) is 5.13. The van der Waals surface area contributed by atoms with Crippen LogP contribution in [-0.4, -0.2) is 20.2 Å². The average Bonchev–Trinajstić information content (AvgIpc) is 2.65. The Bertz CT molecular complexity index is 352. The molecule has 0 aromatic heterocycles. The van der Waals surface area contributed by atoms with Crippen LogP contribution < -0.4 is 5.32 Å². The quantitative estimate of drug-likeness (QED) is 0.882. The molecule has 1 aromatic carbocycles. The number of ether oxygens (including phenoxy) is 1. The van der Waals surface area contributed by atoms with Gasteiger partial charge in [0.25, 0.3) is 0 Å². The molecular formula is C12H15ClFNO. The lowest BCUT2D eigenvalue weighted by molar-refractivity contribution is 0.0907. The zero-order valence-corrected chi connectivity index (χ0v) is 9.93. The maximum atomic E-state index is 13.2. The fourth-order valence-electron chi connectivity index (χ4n) is 2.21. The highest BCUT2D eigenvalue weighted by atomic mass is 35.5. The van der Waals surface area contributed by atoms with Gasteiger partial charge in [-0.3, -0.25) is 0 Å². The third kappa shape index (κ3) is 2.54. The van der Waals surface area contributed by atoms with Crippen molar-refractivity contribution >= 4 is 11.6 Å². The molecule has 1 aromatic rings. The minimum Gasteiger partial charge on any atom is -0.373 e. The molecule has 0 spiro atoms.